The Balaban J connectivity index is 2.23. The normalized spacial score (nSPS) is 26.4. The summed E-state index contributed by atoms with van der Waals surface area (Å²) in [6, 6.07) is 0. The third kappa shape index (κ3) is 4.96. The number of nitrogens with one attached hydrogen (secondary N) is 1. The molecule has 15 heavy (non-hydrogen) atoms. The topological polar surface area (TPSA) is 24.5 Å². The average molecular weight is 214 g/mol. The van der Waals surface area contributed by atoms with Crippen molar-refractivity contribution < 1.29 is 4.74 Å². The Morgan fingerprint density at radius 2 is 2.13 bits per heavy atom. The fraction of sp³-hybridized carbons (Fsp3) is 1.00. The molecule has 0 aromatic rings. The van der Waals surface area contributed by atoms with E-state index in [0.29, 0.717) is 12.2 Å². The summed E-state index contributed by atoms with van der Waals surface area (Å²) in [7, 11) is 2.01. The van der Waals surface area contributed by atoms with Crippen LogP contribution in [0, 0.1) is 0 Å². The van der Waals surface area contributed by atoms with Gasteiger partial charge in [-0.25, -0.2) is 0 Å². The van der Waals surface area contributed by atoms with Crippen LogP contribution in [0.4, 0.5) is 0 Å². The predicted molar refractivity (Wildman–Crippen MR) is 64.2 cm³/mol. The second-order valence-electron chi connectivity index (χ2n) is 4.55. The summed E-state index contributed by atoms with van der Waals surface area (Å²) in [5.41, 5.74) is 0. The standard InChI is InChI=1S/C12H26N2O/c1-4-8-14(9-7-13-3)10-12-6-5-11(2)15-12/h11-13H,4-10H2,1-3H3. The molecule has 0 amide bonds. The van der Waals surface area contributed by atoms with Gasteiger partial charge < -0.3 is 10.1 Å². The van der Waals surface area contributed by atoms with Gasteiger partial charge >= 0.3 is 0 Å². The third-order valence-electron chi connectivity index (χ3n) is 3.00. The van der Waals surface area contributed by atoms with E-state index in [2.05, 4.69) is 24.1 Å². The van der Waals surface area contributed by atoms with E-state index in [-0.39, 0.29) is 0 Å². The van der Waals surface area contributed by atoms with Gasteiger partial charge in [0.1, 0.15) is 0 Å². The molecule has 0 bridgehead atoms. The highest BCUT2D eigenvalue weighted by atomic mass is 16.5. The minimum Gasteiger partial charge on any atom is -0.374 e. The lowest BCUT2D eigenvalue weighted by atomic mass is 10.2. The highest BCUT2D eigenvalue weighted by Gasteiger charge is 2.23. The van der Waals surface area contributed by atoms with Crippen molar-refractivity contribution in [1.29, 1.82) is 0 Å². The molecule has 0 spiro atoms. The zero-order valence-corrected chi connectivity index (χ0v) is 10.5. The van der Waals surface area contributed by atoms with Gasteiger partial charge in [0, 0.05) is 19.6 Å². The van der Waals surface area contributed by atoms with Crippen molar-refractivity contribution >= 4 is 0 Å². The van der Waals surface area contributed by atoms with Gasteiger partial charge in [-0.05, 0) is 39.8 Å². The van der Waals surface area contributed by atoms with Crippen LogP contribution in [-0.4, -0.2) is 50.3 Å². The van der Waals surface area contributed by atoms with E-state index < -0.39 is 0 Å². The van der Waals surface area contributed by atoms with E-state index in [0.717, 1.165) is 19.6 Å². The molecule has 1 saturated heterocycles. The lowest BCUT2D eigenvalue weighted by molar-refractivity contribution is 0.0317. The Kier molecular flexibility index (Phi) is 6.22. The molecule has 1 N–H and O–H groups in total. The van der Waals surface area contributed by atoms with Crippen LogP contribution in [0.5, 0.6) is 0 Å². The van der Waals surface area contributed by atoms with Crippen LogP contribution in [0.15, 0.2) is 0 Å². The Morgan fingerprint density at radius 3 is 2.67 bits per heavy atom. The first kappa shape index (κ1) is 12.9. The second-order valence-corrected chi connectivity index (χ2v) is 4.55. The number of hydrogen-bond donors (Lipinski definition) is 1. The van der Waals surface area contributed by atoms with Crippen LogP contribution in [0.2, 0.25) is 0 Å². The molecule has 0 saturated carbocycles. The third-order valence-corrected chi connectivity index (χ3v) is 3.00. The highest BCUT2D eigenvalue weighted by Crippen LogP contribution is 2.19. The van der Waals surface area contributed by atoms with Gasteiger partial charge in [-0.1, -0.05) is 6.92 Å². The Morgan fingerprint density at radius 1 is 1.33 bits per heavy atom. The van der Waals surface area contributed by atoms with E-state index in [4.69, 9.17) is 4.74 Å². The Labute approximate surface area is 94.2 Å². The van der Waals surface area contributed by atoms with Crippen LogP contribution < -0.4 is 5.32 Å². The van der Waals surface area contributed by atoms with Gasteiger partial charge in [-0.3, -0.25) is 4.90 Å². The lowest BCUT2D eigenvalue weighted by Gasteiger charge is -2.24. The average Bonchev–Trinajstić information content (AvgIpc) is 2.61. The van der Waals surface area contributed by atoms with Gasteiger partial charge in [-0.15, -0.1) is 0 Å². The maximum Gasteiger partial charge on any atom is 0.0706 e. The minimum absolute atomic E-state index is 0.475. The largest absolute Gasteiger partial charge is 0.374 e. The van der Waals surface area contributed by atoms with Crippen LogP contribution >= 0.6 is 0 Å². The molecule has 0 aliphatic carbocycles. The highest BCUT2D eigenvalue weighted by molar-refractivity contribution is 4.74. The molecule has 0 aromatic carbocycles. The molecule has 1 rings (SSSR count). The van der Waals surface area contributed by atoms with Crippen LogP contribution in [-0.2, 0) is 4.74 Å². The van der Waals surface area contributed by atoms with E-state index in [1.54, 1.807) is 0 Å². The number of ether oxygens (including phenoxy) is 1. The Hall–Kier alpha value is -0.120. The van der Waals surface area contributed by atoms with Crippen molar-refractivity contribution in [2.24, 2.45) is 0 Å². The van der Waals surface area contributed by atoms with E-state index in [9.17, 15) is 0 Å². The van der Waals surface area contributed by atoms with Crippen molar-refractivity contribution in [2.75, 3.05) is 33.2 Å². The van der Waals surface area contributed by atoms with E-state index in [1.165, 1.54) is 25.8 Å². The smallest absolute Gasteiger partial charge is 0.0706 e. The number of nitrogens with zero attached hydrogens (tertiary/aromatic N) is 1. The van der Waals surface area contributed by atoms with Gasteiger partial charge in [0.2, 0.25) is 0 Å². The second kappa shape index (κ2) is 7.20. The monoisotopic (exact) mass is 214 g/mol. The summed E-state index contributed by atoms with van der Waals surface area (Å²) in [4.78, 5) is 2.51. The fourth-order valence-corrected chi connectivity index (χ4v) is 2.19. The molecular formula is C12H26N2O. The summed E-state index contributed by atoms with van der Waals surface area (Å²) in [5, 5.41) is 3.21. The number of hydrogen-bond acceptors (Lipinski definition) is 3. The molecule has 2 unspecified atom stereocenters. The number of rotatable bonds is 7. The van der Waals surface area contributed by atoms with Crippen LogP contribution in [0.1, 0.15) is 33.1 Å². The molecule has 3 nitrogen and oxygen atoms in total. The number of likely N-dealkylation sites (N-methyl/N-ethyl adjacent to an activating group) is 1. The van der Waals surface area contributed by atoms with Crippen molar-refractivity contribution in [3.05, 3.63) is 0 Å². The summed E-state index contributed by atoms with van der Waals surface area (Å²) >= 11 is 0. The molecule has 1 heterocycles. The lowest BCUT2D eigenvalue weighted by Crippen LogP contribution is -2.37. The fourth-order valence-electron chi connectivity index (χ4n) is 2.19. The first-order valence-electron chi connectivity index (χ1n) is 6.28. The molecule has 1 aliphatic rings. The predicted octanol–water partition coefficient (Wildman–Crippen LogP) is 1.49. The Bertz CT molecular complexity index is 164. The van der Waals surface area contributed by atoms with Crippen molar-refractivity contribution in [2.45, 2.75) is 45.3 Å². The quantitative estimate of drug-likeness (QED) is 0.695. The van der Waals surface area contributed by atoms with Gasteiger partial charge in [-0.2, -0.15) is 0 Å². The zero-order chi connectivity index (χ0) is 11.1. The van der Waals surface area contributed by atoms with E-state index >= 15 is 0 Å². The minimum atomic E-state index is 0.475. The van der Waals surface area contributed by atoms with E-state index in [1.807, 2.05) is 7.05 Å². The maximum atomic E-state index is 5.86. The van der Waals surface area contributed by atoms with Crippen molar-refractivity contribution in [1.82, 2.24) is 10.2 Å². The molecule has 1 fully saturated rings. The molecule has 1 aliphatic heterocycles. The summed E-state index contributed by atoms with van der Waals surface area (Å²) in [6.07, 6.45) is 4.65. The van der Waals surface area contributed by atoms with Gasteiger partial charge in [0.25, 0.3) is 0 Å². The van der Waals surface area contributed by atoms with Gasteiger partial charge in [0.15, 0.2) is 0 Å². The van der Waals surface area contributed by atoms with Crippen molar-refractivity contribution in [3.8, 4) is 0 Å². The van der Waals surface area contributed by atoms with Crippen LogP contribution in [0.25, 0.3) is 0 Å². The molecule has 90 valence electrons. The summed E-state index contributed by atoms with van der Waals surface area (Å²) in [5.74, 6) is 0. The van der Waals surface area contributed by atoms with Gasteiger partial charge in [0.05, 0.1) is 12.2 Å². The van der Waals surface area contributed by atoms with Crippen LogP contribution in [0.3, 0.4) is 0 Å². The maximum absolute atomic E-state index is 5.86. The zero-order valence-electron chi connectivity index (χ0n) is 10.5. The molecular weight excluding hydrogens is 188 g/mol. The first-order chi connectivity index (χ1) is 7.26. The summed E-state index contributed by atoms with van der Waals surface area (Å²) in [6.45, 7) is 8.93. The molecule has 0 radical (unpaired) electrons. The molecule has 3 heteroatoms. The van der Waals surface area contributed by atoms with Crippen molar-refractivity contribution in [3.63, 3.8) is 0 Å². The SMILES string of the molecule is CCCN(CCNC)CC1CCC(C)O1. The molecule has 0 aromatic heterocycles. The summed E-state index contributed by atoms with van der Waals surface area (Å²) < 4.78 is 5.86. The molecule has 2 atom stereocenters. The first-order valence-corrected chi connectivity index (χ1v) is 6.28.